The Balaban J connectivity index is 1.87. The second-order valence-corrected chi connectivity index (χ2v) is 6.90. The number of hydrogen-bond acceptors (Lipinski definition) is 5. The molecule has 1 N–H and O–H groups in total. The van der Waals surface area contributed by atoms with Crippen molar-refractivity contribution in [3.8, 4) is 0 Å². The van der Waals surface area contributed by atoms with Crippen LogP contribution in [0.5, 0.6) is 0 Å². The fourth-order valence-corrected chi connectivity index (χ4v) is 3.49. The first-order valence-electron chi connectivity index (χ1n) is 9.11. The van der Waals surface area contributed by atoms with Gasteiger partial charge in [-0.15, -0.1) is 0 Å². The first kappa shape index (κ1) is 20.0. The van der Waals surface area contributed by atoms with E-state index in [9.17, 15) is 24.8 Å². The van der Waals surface area contributed by atoms with Gasteiger partial charge in [-0.25, -0.2) is 0 Å². The topological polar surface area (TPSA) is 101 Å². The molecule has 0 aromatic heterocycles. The maximum atomic E-state index is 12.3. The molecule has 1 atom stereocenters. The second-order valence-electron chi connectivity index (χ2n) is 6.90. The molecule has 1 amide bonds. The molecule has 1 unspecified atom stereocenters. The lowest BCUT2D eigenvalue weighted by atomic mass is 9.94. The summed E-state index contributed by atoms with van der Waals surface area (Å²) in [5.74, 6) is 0.0754. The minimum absolute atomic E-state index is 0.0183. The molecular weight excluding hydrogens is 336 g/mol. The Kier molecular flexibility index (Phi) is 7.26. The summed E-state index contributed by atoms with van der Waals surface area (Å²) in [6, 6.07) is 4.40. The molecule has 1 aliphatic rings. The molecule has 26 heavy (non-hydrogen) atoms. The Labute approximate surface area is 153 Å². The maximum absolute atomic E-state index is 12.3. The van der Waals surface area contributed by atoms with Crippen molar-refractivity contribution in [2.45, 2.75) is 63.5 Å². The number of nitro benzene ring substituents is 1. The van der Waals surface area contributed by atoms with Gasteiger partial charge >= 0.3 is 0 Å². The first-order valence-corrected chi connectivity index (χ1v) is 9.11. The highest BCUT2D eigenvalue weighted by atomic mass is 16.6. The van der Waals surface area contributed by atoms with Gasteiger partial charge in [-0.2, -0.15) is 0 Å². The number of nitrogens with zero attached hydrogens (tertiary/aromatic N) is 2. The molecule has 2 rings (SSSR count). The molecule has 1 saturated carbocycles. The van der Waals surface area contributed by atoms with Gasteiger partial charge in [-0.1, -0.05) is 25.3 Å². The summed E-state index contributed by atoms with van der Waals surface area (Å²) in [5, 5.41) is 21.3. The van der Waals surface area contributed by atoms with Crippen LogP contribution in [0.2, 0.25) is 0 Å². The predicted octanol–water partition coefficient (Wildman–Crippen LogP) is 3.40. The van der Waals surface area contributed by atoms with E-state index in [1.807, 2.05) is 11.9 Å². The lowest BCUT2D eigenvalue weighted by Crippen LogP contribution is -2.38. The van der Waals surface area contributed by atoms with Crippen LogP contribution in [0, 0.1) is 10.1 Å². The van der Waals surface area contributed by atoms with Gasteiger partial charge in [0.1, 0.15) is 0 Å². The number of carbonyl (C=O) groups excluding carboxylic acids is 2. The van der Waals surface area contributed by atoms with Crippen molar-refractivity contribution < 1.29 is 19.6 Å². The third kappa shape index (κ3) is 5.11. The molecule has 7 heteroatoms. The van der Waals surface area contributed by atoms with E-state index >= 15 is 0 Å². The van der Waals surface area contributed by atoms with E-state index in [4.69, 9.17) is 0 Å². The molecule has 7 nitrogen and oxygen atoms in total. The normalized spacial score (nSPS) is 16.1. The van der Waals surface area contributed by atoms with Gasteiger partial charge in [0.25, 0.3) is 5.69 Å². The van der Waals surface area contributed by atoms with Crippen LogP contribution in [0.25, 0.3) is 0 Å². The molecule has 1 fully saturated rings. The van der Waals surface area contributed by atoms with Crippen molar-refractivity contribution >= 4 is 17.9 Å². The fourth-order valence-electron chi connectivity index (χ4n) is 3.49. The molecule has 0 saturated heterocycles. The van der Waals surface area contributed by atoms with Crippen LogP contribution in [0.15, 0.2) is 18.2 Å². The highest BCUT2D eigenvalue weighted by molar-refractivity contribution is 5.81. The molecule has 0 radical (unpaired) electrons. The Bertz CT molecular complexity index is 655. The zero-order chi connectivity index (χ0) is 19.1. The summed E-state index contributed by atoms with van der Waals surface area (Å²) < 4.78 is 0. The Morgan fingerprint density at radius 1 is 1.38 bits per heavy atom. The number of aliphatic hydroxyl groups excluding tert-OH is 1. The number of benzene rings is 1. The monoisotopic (exact) mass is 362 g/mol. The summed E-state index contributed by atoms with van der Waals surface area (Å²) in [7, 11) is 1.84. The van der Waals surface area contributed by atoms with Crippen molar-refractivity contribution in [2.24, 2.45) is 0 Å². The zero-order valence-corrected chi connectivity index (χ0v) is 15.1. The predicted molar refractivity (Wildman–Crippen MR) is 96.9 cm³/mol. The third-order valence-corrected chi connectivity index (χ3v) is 5.15. The third-order valence-electron chi connectivity index (χ3n) is 5.15. The van der Waals surface area contributed by atoms with Crippen molar-refractivity contribution in [1.29, 1.82) is 0 Å². The fraction of sp³-hybridized carbons (Fsp3) is 0.579. The van der Waals surface area contributed by atoms with E-state index in [2.05, 4.69) is 0 Å². The van der Waals surface area contributed by atoms with E-state index in [-0.39, 0.29) is 17.2 Å². The van der Waals surface area contributed by atoms with Crippen LogP contribution in [0.1, 0.15) is 73.4 Å². The average molecular weight is 362 g/mol. The summed E-state index contributed by atoms with van der Waals surface area (Å²) >= 11 is 0. The molecule has 142 valence electrons. The van der Waals surface area contributed by atoms with Gasteiger partial charge < -0.3 is 10.0 Å². The first-order chi connectivity index (χ1) is 12.4. The lowest BCUT2D eigenvalue weighted by molar-refractivity contribution is -0.385. The average Bonchev–Trinajstić information content (AvgIpc) is 2.67. The van der Waals surface area contributed by atoms with Gasteiger partial charge in [-0.3, -0.25) is 19.7 Å². The van der Waals surface area contributed by atoms with Gasteiger partial charge in [0.15, 0.2) is 6.29 Å². The van der Waals surface area contributed by atoms with Crippen LogP contribution in [0.4, 0.5) is 5.69 Å². The molecule has 1 aromatic carbocycles. The van der Waals surface area contributed by atoms with Crippen molar-refractivity contribution in [2.75, 3.05) is 7.05 Å². The van der Waals surface area contributed by atoms with Gasteiger partial charge in [-0.05, 0) is 37.3 Å². The van der Waals surface area contributed by atoms with Gasteiger partial charge in [0, 0.05) is 25.6 Å². The quantitative estimate of drug-likeness (QED) is 0.434. The number of aldehydes is 1. The highest BCUT2D eigenvalue weighted by Crippen LogP contribution is 2.26. The number of carbonyl (C=O) groups is 2. The number of amides is 1. The van der Waals surface area contributed by atoms with Crippen LogP contribution in [-0.2, 0) is 4.79 Å². The minimum atomic E-state index is -0.901. The molecule has 1 aliphatic carbocycles. The Morgan fingerprint density at radius 2 is 2.08 bits per heavy atom. The summed E-state index contributed by atoms with van der Waals surface area (Å²) in [5.41, 5.74) is 0.0512. The largest absolute Gasteiger partial charge is 0.388 e. The summed E-state index contributed by atoms with van der Waals surface area (Å²) in [4.78, 5) is 35.3. The lowest BCUT2D eigenvalue weighted by Gasteiger charge is -2.31. The van der Waals surface area contributed by atoms with E-state index in [0.717, 1.165) is 25.7 Å². The molecule has 0 bridgehead atoms. The van der Waals surface area contributed by atoms with E-state index in [1.165, 1.54) is 24.6 Å². The van der Waals surface area contributed by atoms with Crippen molar-refractivity contribution in [1.82, 2.24) is 4.90 Å². The van der Waals surface area contributed by atoms with Crippen molar-refractivity contribution in [3.63, 3.8) is 0 Å². The SMILES string of the molecule is CN(C(=O)CCCC(O)c1ccc(C=O)c([N+](=O)[O-])c1)C1CCCCC1. The second kappa shape index (κ2) is 9.43. The Morgan fingerprint density at radius 3 is 2.69 bits per heavy atom. The smallest absolute Gasteiger partial charge is 0.280 e. The summed E-state index contributed by atoms with van der Waals surface area (Å²) in [6.07, 6.45) is 6.37. The van der Waals surface area contributed by atoms with Crippen molar-refractivity contribution in [3.05, 3.63) is 39.4 Å². The van der Waals surface area contributed by atoms with Gasteiger partial charge in [0.05, 0.1) is 16.6 Å². The maximum Gasteiger partial charge on any atom is 0.280 e. The van der Waals surface area contributed by atoms with Crippen LogP contribution in [0.3, 0.4) is 0 Å². The van der Waals surface area contributed by atoms with E-state index in [0.29, 0.717) is 37.2 Å². The molecule has 0 heterocycles. The molecule has 0 spiro atoms. The standard InChI is InChI=1S/C19H26N2O5/c1-20(16-6-3-2-4-7-16)19(24)9-5-8-18(23)14-10-11-15(13-22)17(12-14)21(25)26/h10-13,16,18,23H,2-9H2,1H3. The highest BCUT2D eigenvalue weighted by Gasteiger charge is 2.22. The number of aliphatic hydroxyl groups is 1. The Hall–Kier alpha value is -2.28. The van der Waals surface area contributed by atoms with E-state index in [1.54, 1.807) is 0 Å². The molecule has 1 aromatic rings. The number of hydrogen-bond donors (Lipinski definition) is 1. The molecular formula is C19H26N2O5. The van der Waals surface area contributed by atoms with Crippen LogP contribution in [-0.4, -0.2) is 40.2 Å². The summed E-state index contributed by atoms with van der Waals surface area (Å²) in [6.45, 7) is 0. The zero-order valence-electron chi connectivity index (χ0n) is 15.1. The van der Waals surface area contributed by atoms with Crippen LogP contribution >= 0.6 is 0 Å². The van der Waals surface area contributed by atoms with Gasteiger partial charge in [0.2, 0.25) is 5.91 Å². The molecule has 0 aliphatic heterocycles. The minimum Gasteiger partial charge on any atom is -0.388 e. The van der Waals surface area contributed by atoms with E-state index < -0.39 is 11.0 Å². The number of nitro groups is 1. The number of rotatable bonds is 8. The van der Waals surface area contributed by atoms with Crippen LogP contribution < -0.4 is 0 Å².